The summed E-state index contributed by atoms with van der Waals surface area (Å²) in [4.78, 5) is 0. The third-order valence-electron chi connectivity index (χ3n) is 3.77. The molecule has 0 N–H and O–H groups in total. The van der Waals surface area contributed by atoms with Gasteiger partial charge in [0.1, 0.15) is 0 Å². The number of aryl methyl sites for hydroxylation is 1. The van der Waals surface area contributed by atoms with Crippen LogP contribution in [-0.4, -0.2) is 5.75 Å². The lowest BCUT2D eigenvalue weighted by Crippen LogP contribution is -2.13. The van der Waals surface area contributed by atoms with E-state index in [1.165, 1.54) is 5.56 Å². The van der Waals surface area contributed by atoms with Gasteiger partial charge in [-0.3, -0.25) is 0 Å². The van der Waals surface area contributed by atoms with Crippen molar-refractivity contribution in [2.24, 2.45) is 0 Å². The first kappa shape index (κ1) is 17.5. The minimum absolute atomic E-state index is 0.822. The second kappa shape index (κ2) is 8.20. The van der Waals surface area contributed by atoms with Gasteiger partial charge in [0, 0.05) is 20.8 Å². The highest BCUT2D eigenvalue weighted by Gasteiger charge is 2.27. The molecule has 24 heavy (non-hydrogen) atoms. The number of hydrogen-bond donors (Lipinski definition) is 0. The summed E-state index contributed by atoms with van der Waals surface area (Å²) < 4.78 is 14.9. The van der Waals surface area contributed by atoms with Crippen LogP contribution in [0.2, 0.25) is 0 Å². The van der Waals surface area contributed by atoms with Crippen molar-refractivity contribution in [2.75, 3.05) is 5.75 Å². The zero-order valence-electron chi connectivity index (χ0n) is 13.1. The van der Waals surface area contributed by atoms with Gasteiger partial charge in [-0.1, -0.05) is 100 Å². The second-order valence-corrected chi connectivity index (χ2v) is 11.5. The summed E-state index contributed by atoms with van der Waals surface area (Å²) in [5.74, 6) is 0.822. The van der Waals surface area contributed by atoms with E-state index in [-0.39, 0.29) is 0 Å². The van der Waals surface area contributed by atoms with Crippen molar-refractivity contribution in [3.8, 4) is 0 Å². The second-order valence-electron chi connectivity index (χ2n) is 5.43. The topological polar surface area (TPSA) is 17.1 Å². The smallest absolute Gasteiger partial charge is 0.195 e. The molecule has 0 heterocycles. The Labute approximate surface area is 155 Å². The molecule has 122 valence electrons. The van der Waals surface area contributed by atoms with E-state index in [1.54, 1.807) is 11.4 Å². The number of benzene rings is 3. The van der Waals surface area contributed by atoms with Crippen LogP contribution in [0.3, 0.4) is 0 Å². The summed E-state index contributed by atoms with van der Waals surface area (Å²) in [5.41, 5.74) is 1.26. The Bertz CT molecular complexity index is 776. The van der Waals surface area contributed by atoms with Crippen molar-refractivity contribution in [1.82, 2.24) is 0 Å². The molecule has 0 spiro atoms. The molecule has 0 radical (unpaired) electrons. The lowest BCUT2D eigenvalue weighted by Gasteiger charge is -2.18. The molecule has 0 aliphatic carbocycles. The number of halogens is 1. The van der Waals surface area contributed by atoms with Gasteiger partial charge in [0.25, 0.3) is 0 Å². The van der Waals surface area contributed by atoms with Gasteiger partial charge in [0.05, 0.1) is 0 Å². The van der Waals surface area contributed by atoms with Crippen LogP contribution < -0.4 is 10.6 Å². The maximum Gasteiger partial charge on any atom is 0.195 e. The van der Waals surface area contributed by atoms with E-state index in [4.69, 9.17) is 0 Å². The first-order valence-electron chi connectivity index (χ1n) is 7.79. The summed E-state index contributed by atoms with van der Waals surface area (Å²) in [5, 5.41) is 1.83. The summed E-state index contributed by atoms with van der Waals surface area (Å²) in [6, 6.07) is 28.0. The standard InChI is InChI=1S/C20H18BrOPS/c21-18-13-11-17(12-14-18)15-16-24-23(22,19-7-3-1-4-8-19)20-9-5-2-6-10-20/h1-14H,15-16H2. The fraction of sp³-hybridized carbons (Fsp3) is 0.100. The van der Waals surface area contributed by atoms with Crippen LogP contribution in [0, 0.1) is 0 Å². The lowest BCUT2D eigenvalue weighted by molar-refractivity contribution is 0.595. The Morgan fingerprint density at radius 2 is 1.25 bits per heavy atom. The van der Waals surface area contributed by atoms with Gasteiger partial charge in [-0.2, -0.15) is 0 Å². The number of rotatable bonds is 6. The maximum absolute atomic E-state index is 13.8. The molecular weight excluding hydrogens is 399 g/mol. The average molecular weight is 417 g/mol. The van der Waals surface area contributed by atoms with E-state index in [9.17, 15) is 4.57 Å². The molecule has 3 rings (SSSR count). The van der Waals surface area contributed by atoms with Gasteiger partial charge in [-0.15, -0.1) is 0 Å². The fourth-order valence-corrected chi connectivity index (χ4v) is 7.73. The van der Waals surface area contributed by atoms with Crippen LogP contribution in [0.5, 0.6) is 0 Å². The van der Waals surface area contributed by atoms with E-state index in [0.29, 0.717) is 0 Å². The molecule has 0 bridgehead atoms. The Balaban J connectivity index is 1.81. The maximum atomic E-state index is 13.8. The van der Waals surface area contributed by atoms with Crippen molar-refractivity contribution in [2.45, 2.75) is 6.42 Å². The van der Waals surface area contributed by atoms with E-state index in [2.05, 4.69) is 28.1 Å². The van der Waals surface area contributed by atoms with Crippen molar-refractivity contribution in [3.05, 3.63) is 95.0 Å². The van der Waals surface area contributed by atoms with Crippen LogP contribution in [0.25, 0.3) is 0 Å². The molecule has 0 saturated carbocycles. The van der Waals surface area contributed by atoms with E-state index < -0.39 is 6.34 Å². The molecule has 0 aromatic heterocycles. The highest BCUT2D eigenvalue weighted by molar-refractivity contribution is 9.10. The van der Waals surface area contributed by atoms with Crippen LogP contribution >= 0.6 is 33.7 Å². The van der Waals surface area contributed by atoms with Gasteiger partial charge >= 0.3 is 0 Å². The first-order valence-corrected chi connectivity index (χ1v) is 11.9. The van der Waals surface area contributed by atoms with Crippen LogP contribution in [0.1, 0.15) is 5.56 Å². The van der Waals surface area contributed by atoms with Crippen molar-refractivity contribution >= 4 is 44.3 Å². The Kier molecular flexibility index (Phi) is 5.99. The minimum Gasteiger partial charge on any atom is -0.302 e. The van der Waals surface area contributed by atoms with Gasteiger partial charge < -0.3 is 4.57 Å². The Morgan fingerprint density at radius 3 is 1.75 bits per heavy atom. The van der Waals surface area contributed by atoms with Gasteiger partial charge in [-0.05, 0) is 24.1 Å². The number of hydrogen-bond acceptors (Lipinski definition) is 2. The molecule has 0 aliphatic rings. The molecule has 0 saturated heterocycles. The van der Waals surface area contributed by atoms with Crippen LogP contribution in [0.4, 0.5) is 0 Å². The molecule has 3 aromatic carbocycles. The van der Waals surface area contributed by atoms with Gasteiger partial charge in [0.15, 0.2) is 6.34 Å². The molecule has 3 aromatic rings. The SMILES string of the molecule is O=P(SCCc1ccc(Br)cc1)(c1ccccc1)c1ccccc1. The molecule has 1 nitrogen and oxygen atoms in total. The first-order chi connectivity index (χ1) is 11.7. The zero-order chi connectivity index (χ0) is 16.8. The average Bonchev–Trinajstić information content (AvgIpc) is 2.65. The third-order valence-corrected chi connectivity index (χ3v) is 9.91. The largest absolute Gasteiger partial charge is 0.302 e. The summed E-state index contributed by atoms with van der Waals surface area (Å²) in [7, 11) is 0. The monoisotopic (exact) mass is 416 g/mol. The molecule has 0 amide bonds. The molecule has 4 heteroatoms. The fourth-order valence-electron chi connectivity index (χ4n) is 2.49. The molecule has 0 unspecified atom stereocenters. The summed E-state index contributed by atoms with van der Waals surface area (Å²) >= 11 is 5.03. The molecule has 0 atom stereocenters. The Morgan fingerprint density at radius 1 is 0.750 bits per heavy atom. The van der Waals surface area contributed by atoms with Crippen molar-refractivity contribution < 1.29 is 4.57 Å². The quantitative estimate of drug-likeness (QED) is 0.482. The van der Waals surface area contributed by atoms with Crippen LogP contribution in [0.15, 0.2) is 89.4 Å². The highest BCUT2D eigenvalue weighted by atomic mass is 79.9. The normalized spacial score (nSPS) is 11.4. The molecular formula is C20H18BrOPS. The Hall–Kier alpha value is -1.28. The molecule has 0 aliphatic heterocycles. The predicted molar refractivity (Wildman–Crippen MR) is 110 cm³/mol. The highest BCUT2D eigenvalue weighted by Crippen LogP contribution is 2.56. The predicted octanol–water partition coefficient (Wildman–Crippen LogP) is 5.65. The minimum atomic E-state index is -2.66. The van der Waals surface area contributed by atoms with Crippen LogP contribution in [-0.2, 0) is 11.0 Å². The van der Waals surface area contributed by atoms with E-state index >= 15 is 0 Å². The zero-order valence-corrected chi connectivity index (χ0v) is 16.4. The summed E-state index contributed by atoms with van der Waals surface area (Å²) in [6.45, 7) is 0. The lowest BCUT2D eigenvalue weighted by atomic mass is 10.2. The third kappa shape index (κ3) is 4.22. The van der Waals surface area contributed by atoms with Crippen molar-refractivity contribution in [3.63, 3.8) is 0 Å². The van der Waals surface area contributed by atoms with Gasteiger partial charge in [0.2, 0.25) is 0 Å². The summed E-state index contributed by atoms with van der Waals surface area (Å²) in [6.07, 6.45) is -1.76. The van der Waals surface area contributed by atoms with E-state index in [1.807, 2.05) is 72.8 Å². The van der Waals surface area contributed by atoms with E-state index in [0.717, 1.165) is 27.3 Å². The van der Waals surface area contributed by atoms with Crippen molar-refractivity contribution in [1.29, 1.82) is 0 Å². The van der Waals surface area contributed by atoms with Gasteiger partial charge in [-0.25, -0.2) is 0 Å². The molecule has 0 fully saturated rings.